The van der Waals surface area contributed by atoms with Gasteiger partial charge >= 0.3 is 6.18 Å². The van der Waals surface area contributed by atoms with Gasteiger partial charge in [0.25, 0.3) is 0 Å². The molecular formula is C21H20F4N6. The second-order valence-electron chi connectivity index (χ2n) is 7.82. The summed E-state index contributed by atoms with van der Waals surface area (Å²) in [6.45, 7) is 2.35. The van der Waals surface area contributed by atoms with Crippen LogP contribution in [0.2, 0.25) is 0 Å². The summed E-state index contributed by atoms with van der Waals surface area (Å²) >= 11 is 0. The van der Waals surface area contributed by atoms with Crippen molar-refractivity contribution < 1.29 is 17.6 Å². The molecule has 0 bridgehead atoms. The Labute approximate surface area is 174 Å². The number of nitrogens with zero attached hydrogens (tertiary/aromatic N) is 4. The lowest BCUT2D eigenvalue weighted by molar-refractivity contribution is -0.139. The Morgan fingerprint density at radius 1 is 1.13 bits per heavy atom. The molecule has 31 heavy (non-hydrogen) atoms. The minimum absolute atomic E-state index is 0.0474. The number of nitrogens with one attached hydrogen (secondary N) is 2. The normalized spacial score (nSPS) is 15.9. The van der Waals surface area contributed by atoms with Crippen LogP contribution in [0.15, 0.2) is 30.6 Å². The van der Waals surface area contributed by atoms with Crippen molar-refractivity contribution in [3.63, 3.8) is 0 Å². The number of piperidine rings is 1. The van der Waals surface area contributed by atoms with Crippen molar-refractivity contribution in [2.45, 2.75) is 32.0 Å². The third-order valence-corrected chi connectivity index (χ3v) is 5.84. The summed E-state index contributed by atoms with van der Waals surface area (Å²) in [6.07, 6.45) is 1.24. The van der Waals surface area contributed by atoms with Gasteiger partial charge in [0.1, 0.15) is 11.3 Å². The Bertz CT molecular complexity index is 1220. The van der Waals surface area contributed by atoms with E-state index in [0.717, 1.165) is 38.4 Å². The minimum Gasteiger partial charge on any atom is -0.342 e. The third kappa shape index (κ3) is 3.65. The Kier molecular flexibility index (Phi) is 4.88. The molecule has 4 aromatic rings. The maximum atomic E-state index is 13.9. The quantitative estimate of drug-likeness (QED) is 0.465. The van der Waals surface area contributed by atoms with E-state index in [4.69, 9.17) is 0 Å². The predicted molar refractivity (Wildman–Crippen MR) is 108 cm³/mol. The molecule has 162 valence electrons. The largest absolute Gasteiger partial charge is 0.435 e. The lowest BCUT2D eigenvalue weighted by Crippen LogP contribution is -2.28. The fraction of sp³-hybridized carbons (Fsp3) is 0.381. The van der Waals surface area contributed by atoms with Gasteiger partial charge in [-0.05, 0) is 50.4 Å². The van der Waals surface area contributed by atoms with E-state index in [-0.39, 0.29) is 11.0 Å². The smallest absolute Gasteiger partial charge is 0.342 e. The molecule has 1 aliphatic rings. The first-order chi connectivity index (χ1) is 14.9. The van der Waals surface area contributed by atoms with E-state index in [0.29, 0.717) is 35.0 Å². The number of aromatic amines is 1. The van der Waals surface area contributed by atoms with Crippen molar-refractivity contribution in [3.05, 3.63) is 42.1 Å². The highest BCUT2D eigenvalue weighted by Gasteiger charge is 2.38. The molecule has 0 aliphatic carbocycles. The van der Waals surface area contributed by atoms with E-state index in [1.807, 2.05) is 0 Å². The van der Waals surface area contributed by atoms with E-state index in [2.05, 4.69) is 25.3 Å². The molecule has 0 amide bonds. The van der Waals surface area contributed by atoms with Crippen LogP contribution in [0.4, 0.5) is 17.6 Å². The highest BCUT2D eigenvalue weighted by molar-refractivity contribution is 6.04. The average Bonchev–Trinajstić information content (AvgIpc) is 3.39. The van der Waals surface area contributed by atoms with Gasteiger partial charge in [-0.2, -0.15) is 13.2 Å². The van der Waals surface area contributed by atoms with Crippen LogP contribution in [-0.2, 0) is 12.7 Å². The van der Waals surface area contributed by atoms with Crippen LogP contribution >= 0.6 is 0 Å². The summed E-state index contributed by atoms with van der Waals surface area (Å²) in [5.41, 5.74) is -1.11. The Hall–Kier alpha value is -3.01. The summed E-state index contributed by atoms with van der Waals surface area (Å²) < 4.78 is 57.2. The van der Waals surface area contributed by atoms with Gasteiger partial charge in [-0.3, -0.25) is 0 Å². The van der Waals surface area contributed by atoms with E-state index in [1.54, 1.807) is 10.8 Å². The molecule has 2 N–H and O–H groups in total. The summed E-state index contributed by atoms with van der Waals surface area (Å²) in [5, 5.41) is 3.75. The summed E-state index contributed by atoms with van der Waals surface area (Å²) in [7, 11) is 0. The van der Waals surface area contributed by atoms with Gasteiger partial charge in [0.15, 0.2) is 17.3 Å². The number of hydrogen-bond acceptors (Lipinski definition) is 4. The molecule has 0 atom stereocenters. The molecule has 5 rings (SSSR count). The van der Waals surface area contributed by atoms with Crippen molar-refractivity contribution in [2.24, 2.45) is 5.92 Å². The van der Waals surface area contributed by atoms with E-state index in [1.165, 1.54) is 18.3 Å². The van der Waals surface area contributed by atoms with Crippen LogP contribution < -0.4 is 5.32 Å². The molecule has 0 spiro atoms. The van der Waals surface area contributed by atoms with E-state index >= 15 is 0 Å². The number of pyridine rings is 1. The standard InChI is InChI=1S/C21H20F4N6/c22-13-1-2-14-15(11-13)29-18(21(23,24)25)16-17(14)31(10-5-12-3-6-26-7-4-12)20(30-16)19-27-8-9-28-19/h1-2,8-9,11-12,26H,3-7,10H2,(H,27,28). The van der Waals surface area contributed by atoms with Crippen molar-refractivity contribution in [3.8, 4) is 11.6 Å². The highest BCUT2D eigenvalue weighted by Crippen LogP contribution is 2.38. The zero-order valence-corrected chi connectivity index (χ0v) is 16.5. The van der Waals surface area contributed by atoms with Crippen molar-refractivity contribution in [2.75, 3.05) is 13.1 Å². The fourth-order valence-corrected chi connectivity index (χ4v) is 4.33. The van der Waals surface area contributed by atoms with Crippen LogP contribution in [0.25, 0.3) is 33.6 Å². The topological polar surface area (TPSA) is 71.4 Å². The number of imidazole rings is 2. The molecule has 0 unspecified atom stereocenters. The first-order valence-electron chi connectivity index (χ1n) is 10.2. The van der Waals surface area contributed by atoms with Gasteiger partial charge < -0.3 is 14.9 Å². The Morgan fingerprint density at radius 2 is 1.94 bits per heavy atom. The van der Waals surface area contributed by atoms with Crippen LogP contribution in [0.5, 0.6) is 0 Å². The van der Waals surface area contributed by atoms with Crippen LogP contribution in [0.1, 0.15) is 25.0 Å². The molecular weight excluding hydrogens is 412 g/mol. The third-order valence-electron chi connectivity index (χ3n) is 5.84. The number of hydrogen-bond donors (Lipinski definition) is 2. The van der Waals surface area contributed by atoms with Crippen LogP contribution in [0, 0.1) is 11.7 Å². The lowest BCUT2D eigenvalue weighted by Gasteiger charge is -2.23. The predicted octanol–water partition coefficient (Wildman–Crippen LogP) is 4.52. The Morgan fingerprint density at radius 3 is 2.65 bits per heavy atom. The molecule has 1 aliphatic heterocycles. The van der Waals surface area contributed by atoms with Crippen molar-refractivity contribution >= 4 is 21.9 Å². The van der Waals surface area contributed by atoms with Gasteiger partial charge in [0, 0.05) is 30.4 Å². The zero-order valence-electron chi connectivity index (χ0n) is 16.5. The van der Waals surface area contributed by atoms with Gasteiger partial charge in [0.05, 0.1) is 11.0 Å². The average molecular weight is 432 g/mol. The van der Waals surface area contributed by atoms with Gasteiger partial charge in [-0.15, -0.1) is 0 Å². The lowest BCUT2D eigenvalue weighted by atomic mass is 9.94. The minimum atomic E-state index is -4.73. The molecule has 3 aromatic heterocycles. The highest BCUT2D eigenvalue weighted by atomic mass is 19.4. The van der Waals surface area contributed by atoms with Crippen molar-refractivity contribution in [1.82, 2.24) is 29.8 Å². The van der Waals surface area contributed by atoms with Gasteiger partial charge in [0.2, 0.25) is 0 Å². The Balaban J connectivity index is 1.75. The number of H-pyrrole nitrogens is 1. The van der Waals surface area contributed by atoms with E-state index < -0.39 is 17.7 Å². The SMILES string of the molecule is Fc1ccc2c(c1)nc(C(F)(F)F)c1nc(-c3ncc[nH]3)n(CCC3CCNCC3)c12. The molecule has 6 nitrogen and oxygen atoms in total. The fourth-order valence-electron chi connectivity index (χ4n) is 4.33. The summed E-state index contributed by atoms with van der Waals surface area (Å²) in [5.74, 6) is 0.526. The number of rotatable bonds is 4. The number of aryl methyl sites for hydroxylation is 1. The maximum Gasteiger partial charge on any atom is 0.435 e. The zero-order chi connectivity index (χ0) is 21.6. The molecule has 1 aromatic carbocycles. The van der Waals surface area contributed by atoms with Gasteiger partial charge in [-0.25, -0.2) is 19.3 Å². The molecule has 0 radical (unpaired) electrons. The monoisotopic (exact) mass is 432 g/mol. The number of alkyl halides is 3. The first-order valence-corrected chi connectivity index (χ1v) is 10.2. The second-order valence-corrected chi connectivity index (χ2v) is 7.82. The van der Waals surface area contributed by atoms with E-state index in [9.17, 15) is 17.6 Å². The number of fused-ring (bicyclic) bond motifs is 3. The summed E-state index contributed by atoms with van der Waals surface area (Å²) in [4.78, 5) is 15.2. The molecule has 1 saturated heterocycles. The maximum absolute atomic E-state index is 13.9. The molecule has 1 fully saturated rings. The molecule has 10 heteroatoms. The van der Waals surface area contributed by atoms with Crippen molar-refractivity contribution in [1.29, 1.82) is 0 Å². The molecule has 4 heterocycles. The van der Waals surface area contributed by atoms with Gasteiger partial charge in [-0.1, -0.05) is 0 Å². The van der Waals surface area contributed by atoms with Crippen LogP contribution in [-0.4, -0.2) is 37.6 Å². The first kappa shape index (κ1) is 19.9. The number of benzene rings is 1. The number of halogens is 4. The second kappa shape index (κ2) is 7.60. The van der Waals surface area contributed by atoms with Crippen LogP contribution in [0.3, 0.4) is 0 Å². The summed E-state index contributed by atoms with van der Waals surface area (Å²) in [6, 6.07) is 3.73. The molecule has 0 saturated carbocycles. The number of aromatic nitrogens is 5.